The fraction of sp³-hybridized carbons (Fsp3) is 0.0103. The lowest BCUT2D eigenvalue weighted by Gasteiger charge is -2.26. The van der Waals surface area contributed by atoms with E-state index in [0.717, 1.165) is 91.4 Å². The summed E-state index contributed by atoms with van der Waals surface area (Å²) >= 11 is 5.59. The average molecular weight is 1380 g/mol. The molecule has 104 heavy (non-hydrogen) atoms. The predicted molar refractivity (Wildman–Crippen MR) is 448 cm³/mol. The van der Waals surface area contributed by atoms with Crippen molar-refractivity contribution in [2.75, 3.05) is 19.6 Å². The maximum Gasteiger partial charge on any atom is 0.0476 e. The van der Waals surface area contributed by atoms with Gasteiger partial charge in [-0.15, -0.1) is 34.0 Å². The van der Waals surface area contributed by atoms with Gasteiger partial charge in [0.2, 0.25) is 0 Å². The molecule has 0 N–H and O–H groups in total. The van der Waals surface area contributed by atoms with Gasteiger partial charge < -0.3 is 19.6 Å². The summed E-state index contributed by atoms with van der Waals surface area (Å²) in [7, 11) is 0. The third-order valence-corrected chi connectivity index (χ3v) is 24.1. The van der Waals surface area contributed by atoms with Gasteiger partial charge >= 0.3 is 0 Å². The number of fused-ring (bicyclic) bond motifs is 12. The molecular weight excluding hydrogens is 1320 g/mol. The van der Waals surface area contributed by atoms with Crippen LogP contribution in [0.5, 0.6) is 0 Å². The van der Waals surface area contributed by atoms with Gasteiger partial charge in [-0.1, -0.05) is 212 Å². The van der Waals surface area contributed by atoms with Crippen LogP contribution in [0.25, 0.3) is 105 Å². The van der Waals surface area contributed by atoms with Gasteiger partial charge in [-0.05, 0) is 220 Å². The number of benzene rings is 16. The molecule has 0 bridgehead atoms. The Labute approximate surface area is 616 Å². The van der Waals surface area contributed by atoms with Gasteiger partial charge in [-0.3, -0.25) is 0 Å². The van der Waals surface area contributed by atoms with Gasteiger partial charge in [0.15, 0.2) is 0 Å². The maximum absolute atomic E-state index is 2.45. The quantitative estimate of drug-likeness (QED) is 0.101. The molecule has 16 aromatic carbocycles. The molecule has 0 spiro atoms. The highest BCUT2D eigenvalue weighted by Gasteiger charge is 2.25. The first-order chi connectivity index (χ1) is 51.5. The lowest BCUT2D eigenvalue weighted by Crippen LogP contribution is -2.10. The second-order valence-electron chi connectivity index (χ2n) is 26.8. The van der Waals surface area contributed by atoms with E-state index >= 15 is 0 Å². The molecule has 7 heteroatoms. The first-order valence-corrected chi connectivity index (χ1v) is 37.8. The summed E-state index contributed by atoms with van der Waals surface area (Å²) in [5.41, 5.74) is 25.8. The predicted octanol–water partition coefficient (Wildman–Crippen LogP) is 29.2. The van der Waals surface area contributed by atoms with Gasteiger partial charge in [0.25, 0.3) is 0 Å². The molecule has 0 aliphatic heterocycles. The SMILES string of the molecule is c1ccc(-c2ccc(N(c3ccc4c(c3)Cc3ccccc3-4)c3ccc4c(c3)sc3c(-c5ccc(-c6ccc(N(c7ccc8c(c7)sc7ccc(N(c9ccccc9)c9ccccc9)cc78)c7ccc8sc9ccccc9c8c7)cc6)cc5)cc(N(c5ccccc5)c5ccccc5)cc34)cc2)cc1. The Morgan fingerprint density at radius 1 is 0.173 bits per heavy atom. The Kier molecular flexibility index (Phi) is 15.2. The van der Waals surface area contributed by atoms with E-state index in [-0.39, 0.29) is 0 Å². The highest BCUT2D eigenvalue weighted by Crippen LogP contribution is 2.51. The number of para-hydroxylation sites is 4. The Hall–Kier alpha value is -12.6. The third kappa shape index (κ3) is 11.0. The topological polar surface area (TPSA) is 13.0 Å². The van der Waals surface area contributed by atoms with Gasteiger partial charge in [0.05, 0.1) is 0 Å². The van der Waals surface area contributed by atoms with Crippen LogP contribution in [-0.4, -0.2) is 0 Å². The van der Waals surface area contributed by atoms with Gasteiger partial charge in [-0.25, -0.2) is 0 Å². The Morgan fingerprint density at radius 3 is 1.09 bits per heavy atom. The molecule has 490 valence electrons. The van der Waals surface area contributed by atoms with Crippen molar-refractivity contribution in [1.82, 2.24) is 0 Å². The summed E-state index contributed by atoms with van der Waals surface area (Å²) in [5, 5.41) is 7.49. The highest BCUT2D eigenvalue weighted by molar-refractivity contribution is 7.27. The molecule has 1 aliphatic carbocycles. The van der Waals surface area contributed by atoms with Crippen molar-refractivity contribution in [2.45, 2.75) is 6.42 Å². The second-order valence-corrected chi connectivity index (χ2v) is 30.0. The number of hydrogen-bond donors (Lipinski definition) is 0. The van der Waals surface area contributed by atoms with E-state index in [9.17, 15) is 0 Å². The van der Waals surface area contributed by atoms with Crippen LogP contribution in [0.2, 0.25) is 0 Å². The smallest absolute Gasteiger partial charge is 0.0476 e. The largest absolute Gasteiger partial charge is 0.310 e. The Morgan fingerprint density at radius 2 is 0.519 bits per heavy atom. The minimum Gasteiger partial charge on any atom is -0.310 e. The molecule has 19 aromatic rings. The van der Waals surface area contributed by atoms with Gasteiger partial charge in [-0.2, -0.15) is 0 Å². The van der Waals surface area contributed by atoms with E-state index in [1.54, 1.807) is 0 Å². The fourth-order valence-electron chi connectivity index (χ4n) is 15.7. The van der Waals surface area contributed by atoms with Crippen molar-refractivity contribution in [3.05, 3.63) is 387 Å². The summed E-state index contributed by atoms with van der Waals surface area (Å²) in [4.78, 5) is 9.63. The summed E-state index contributed by atoms with van der Waals surface area (Å²) in [5.74, 6) is 0. The number of thiophene rings is 3. The zero-order valence-electron chi connectivity index (χ0n) is 56.5. The van der Waals surface area contributed by atoms with Crippen LogP contribution < -0.4 is 19.6 Å². The molecule has 3 heterocycles. The molecule has 20 rings (SSSR count). The lowest BCUT2D eigenvalue weighted by atomic mass is 9.97. The van der Waals surface area contributed by atoms with Crippen molar-refractivity contribution in [1.29, 1.82) is 0 Å². The normalized spacial score (nSPS) is 11.8. The van der Waals surface area contributed by atoms with Crippen LogP contribution in [0.15, 0.2) is 376 Å². The highest BCUT2D eigenvalue weighted by atomic mass is 32.1. The molecule has 1 aliphatic rings. The monoisotopic (exact) mass is 1380 g/mol. The molecule has 0 fully saturated rings. The third-order valence-electron chi connectivity index (χ3n) is 20.6. The van der Waals surface area contributed by atoms with Crippen LogP contribution in [0.1, 0.15) is 11.1 Å². The molecule has 3 aromatic heterocycles. The van der Waals surface area contributed by atoms with Crippen molar-refractivity contribution in [2.24, 2.45) is 0 Å². The van der Waals surface area contributed by atoms with Crippen LogP contribution in [-0.2, 0) is 6.42 Å². The molecule has 0 unspecified atom stereocenters. The summed E-state index contributed by atoms with van der Waals surface area (Å²) < 4.78 is 7.55. The van der Waals surface area contributed by atoms with Crippen LogP contribution in [0, 0.1) is 0 Å². The zero-order chi connectivity index (χ0) is 68.6. The minimum atomic E-state index is 0.918. The molecule has 0 amide bonds. The summed E-state index contributed by atoms with van der Waals surface area (Å²) in [6.07, 6.45) is 0.918. The number of nitrogens with zero attached hydrogens (tertiary/aromatic N) is 4. The average Bonchev–Trinajstić information content (AvgIpc) is 1.57. The van der Waals surface area contributed by atoms with Crippen LogP contribution in [0.3, 0.4) is 0 Å². The summed E-state index contributed by atoms with van der Waals surface area (Å²) in [6.45, 7) is 0. The molecular formula is C97H64N4S3. The number of anilines is 12. The lowest BCUT2D eigenvalue weighted by molar-refractivity contribution is 1.23. The van der Waals surface area contributed by atoms with Gasteiger partial charge in [0, 0.05) is 134 Å². The first-order valence-electron chi connectivity index (χ1n) is 35.4. The van der Waals surface area contributed by atoms with Crippen LogP contribution >= 0.6 is 34.0 Å². The van der Waals surface area contributed by atoms with E-state index in [1.807, 2.05) is 34.0 Å². The standard InChI is InChI=1S/C97H64N4S3/c1-6-20-64(21-7-1)66-38-42-75(43-39-66)100(77-46-51-84-70(57-77)56-69-22-16-17-31-83(69)84)81-48-53-87-91-61-82(99(73-27-12-4-13-28-73)74-29-14-5-15-30-74)60-88(97(91)104-96(87)63-81)68-36-34-65(35-37-68)67-40-44-76(45-41-67)101(79-50-54-93-89(59-79)85-32-18-19-33-92(85)102-93)80-47-52-86-90-58-78(49-55-94(90)103-95(86)62-80)98(71-23-8-2-9-24-71)72-25-10-3-11-26-72/h1-55,57-63H,56H2. The van der Waals surface area contributed by atoms with E-state index < -0.39 is 0 Å². The fourth-order valence-corrected chi connectivity index (χ4v) is 19.1. The van der Waals surface area contributed by atoms with E-state index in [1.165, 1.54) is 99.5 Å². The molecule has 4 nitrogen and oxygen atoms in total. The van der Waals surface area contributed by atoms with E-state index in [2.05, 4.69) is 396 Å². The van der Waals surface area contributed by atoms with E-state index in [4.69, 9.17) is 0 Å². The molecule has 0 saturated heterocycles. The Balaban J connectivity index is 0.682. The van der Waals surface area contributed by atoms with E-state index in [0.29, 0.717) is 0 Å². The van der Waals surface area contributed by atoms with Crippen LogP contribution in [0.4, 0.5) is 68.2 Å². The van der Waals surface area contributed by atoms with Crippen molar-refractivity contribution >= 4 is 163 Å². The molecule has 0 atom stereocenters. The van der Waals surface area contributed by atoms with Crippen molar-refractivity contribution < 1.29 is 0 Å². The Bertz CT molecular complexity index is 6350. The maximum atomic E-state index is 2.45. The molecule has 0 radical (unpaired) electrons. The van der Waals surface area contributed by atoms with Crippen molar-refractivity contribution in [3.63, 3.8) is 0 Å². The summed E-state index contributed by atoms with van der Waals surface area (Å²) in [6, 6.07) is 139. The van der Waals surface area contributed by atoms with Gasteiger partial charge in [0.1, 0.15) is 0 Å². The number of rotatable bonds is 15. The first kappa shape index (κ1) is 61.3. The van der Waals surface area contributed by atoms with Crippen molar-refractivity contribution in [3.8, 4) is 44.5 Å². The molecule has 0 saturated carbocycles. The minimum absolute atomic E-state index is 0.918. The number of hydrogen-bond acceptors (Lipinski definition) is 7. The zero-order valence-corrected chi connectivity index (χ0v) is 59.0. The second kappa shape index (κ2) is 25.8.